The third-order valence-electron chi connectivity index (χ3n) is 3.50. The van der Waals surface area contributed by atoms with Crippen LogP contribution in [0.3, 0.4) is 0 Å². The van der Waals surface area contributed by atoms with E-state index in [2.05, 4.69) is 52.4 Å². The van der Waals surface area contributed by atoms with Gasteiger partial charge < -0.3 is 5.32 Å². The van der Waals surface area contributed by atoms with Crippen LogP contribution in [0.2, 0.25) is 0 Å². The zero-order chi connectivity index (χ0) is 11.4. The van der Waals surface area contributed by atoms with E-state index in [-0.39, 0.29) is 0 Å². The first-order chi connectivity index (χ1) is 7.81. The van der Waals surface area contributed by atoms with E-state index in [1.165, 1.54) is 35.7 Å². The van der Waals surface area contributed by atoms with E-state index in [0.29, 0.717) is 6.04 Å². The van der Waals surface area contributed by atoms with Crippen LogP contribution in [0.1, 0.15) is 44.2 Å². The first kappa shape index (κ1) is 12.1. The molecule has 0 spiro atoms. The molecule has 0 aliphatic heterocycles. The fourth-order valence-electron chi connectivity index (χ4n) is 2.77. The molecule has 0 saturated heterocycles. The van der Waals surface area contributed by atoms with Crippen molar-refractivity contribution >= 4 is 15.9 Å². The van der Waals surface area contributed by atoms with Crippen LogP contribution in [-0.4, -0.2) is 6.54 Å². The number of benzene rings is 1. The quantitative estimate of drug-likeness (QED) is 0.868. The zero-order valence-corrected chi connectivity index (χ0v) is 11.5. The summed E-state index contributed by atoms with van der Waals surface area (Å²) in [6, 6.07) is 9.28. The number of hydrogen-bond donors (Lipinski definition) is 1. The average Bonchev–Trinajstić information content (AvgIpc) is 2.79. The van der Waals surface area contributed by atoms with Crippen LogP contribution in [0.5, 0.6) is 0 Å². The standard InChI is InChI=1S/C14H20BrN/c1-2-16-14(11-6-3-4-7-11)12-8-5-9-13(15)10-12/h5,8-11,14,16H,2-4,6-7H2,1H3. The second-order valence-corrected chi connectivity index (χ2v) is 5.55. The van der Waals surface area contributed by atoms with Gasteiger partial charge >= 0.3 is 0 Å². The highest BCUT2D eigenvalue weighted by Crippen LogP contribution is 2.36. The molecule has 0 heterocycles. The van der Waals surface area contributed by atoms with E-state index in [1.54, 1.807) is 0 Å². The molecule has 0 bridgehead atoms. The van der Waals surface area contributed by atoms with Gasteiger partial charge in [-0.25, -0.2) is 0 Å². The first-order valence-electron chi connectivity index (χ1n) is 6.30. The molecular formula is C14H20BrN. The van der Waals surface area contributed by atoms with Crippen LogP contribution in [0.25, 0.3) is 0 Å². The lowest BCUT2D eigenvalue weighted by Crippen LogP contribution is -2.26. The molecular weight excluding hydrogens is 262 g/mol. The molecule has 0 aromatic heterocycles. The summed E-state index contributed by atoms with van der Waals surface area (Å²) in [5, 5.41) is 3.65. The molecule has 0 amide bonds. The third kappa shape index (κ3) is 2.86. The van der Waals surface area contributed by atoms with Crippen molar-refractivity contribution in [2.45, 2.75) is 38.6 Å². The van der Waals surface area contributed by atoms with E-state index in [9.17, 15) is 0 Å². The zero-order valence-electron chi connectivity index (χ0n) is 9.88. The van der Waals surface area contributed by atoms with Gasteiger partial charge in [-0.15, -0.1) is 0 Å². The monoisotopic (exact) mass is 281 g/mol. The molecule has 2 rings (SSSR count). The van der Waals surface area contributed by atoms with Crippen molar-refractivity contribution in [2.75, 3.05) is 6.54 Å². The highest BCUT2D eigenvalue weighted by Gasteiger charge is 2.25. The largest absolute Gasteiger partial charge is 0.310 e. The molecule has 1 N–H and O–H groups in total. The van der Waals surface area contributed by atoms with Crippen LogP contribution < -0.4 is 5.32 Å². The lowest BCUT2D eigenvalue weighted by molar-refractivity contribution is 0.374. The van der Waals surface area contributed by atoms with Gasteiger partial charge in [0.25, 0.3) is 0 Å². The smallest absolute Gasteiger partial charge is 0.0348 e. The molecule has 1 saturated carbocycles. The molecule has 88 valence electrons. The Morgan fingerprint density at radius 1 is 1.38 bits per heavy atom. The van der Waals surface area contributed by atoms with Crippen molar-refractivity contribution in [2.24, 2.45) is 5.92 Å². The maximum Gasteiger partial charge on any atom is 0.0348 e. The lowest BCUT2D eigenvalue weighted by atomic mass is 9.91. The van der Waals surface area contributed by atoms with Gasteiger partial charge in [0, 0.05) is 10.5 Å². The number of hydrogen-bond acceptors (Lipinski definition) is 1. The summed E-state index contributed by atoms with van der Waals surface area (Å²) >= 11 is 3.56. The van der Waals surface area contributed by atoms with Crippen molar-refractivity contribution in [3.05, 3.63) is 34.3 Å². The summed E-state index contributed by atoms with van der Waals surface area (Å²) in [5.41, 5.74) is 1.43. The van der Waals surface area contributed by atoms with Gasteiger partial charge in [-0.2, -0.15) is 0 Å². The normalized spacial score (nSPS) is 18.9. The van der Waals surface area contributed by atoms with Crippen molar-refractivity contribution in [1.82, 2.24) is 5.32 Å². The average molecular weight is 282 g/mol. The van der Waals surface area contributed by atoms with E-state index in [0.717, 1.165) is 12.5 Å². The fourth-order valence-corrected chi connectivity index (χ4v) is 3.18. The van der Waals surface area contributed by atoms with Gasteiger partial charge in [-0.1, -0.05) is 47.8 Å². The van der Waals surface area contributed by atoms with Gasteiger partial charge in [0.1, 0.15) is 0 Å². The van der Waals surface area contributed by atoms with Crippen molar-refractivity contribution < 1.29 is 0 Å². The Kier molecular flexibility index (Phi) is 4.42. The molecule has 2 heteroatoms. The van der Waals surface area contributed by atoms with Crippen molar-refractivity contribution in [3.63, 3.8) is 0 Å². The summed E-state index contributed by atoms with van der Waals surface area (Å²) < 4.78 is 1.19. The molecule has 1 atom stereocenters. The minimum absolute atomic E-state index is 0.546. The Bertz CT molecular complexity index is 331. The van der Waals surface area contributed by atoms with Crippen LogP contribution in [0.4, 0.5) is 0 Å². The topological polar surface area (TPSA) is 12.0 Å². The SMILES string of the molecule is CCNC(c1cccc(Br)c1)C1CCCC1. The molecule has 1 fully saturated rings. The van der Waals surface area contributed by atoms with Crippen LogP contribution >= 0.6 is 15.9 Å². The Balaban J connectivity index is 2.17. The van der Waals surface area contributed by atoms with E-state index in [4.69, 9.17) is 0 Å². The number of halogens is 1. The summed E-state index contributed by atoms with van der Waals surface area (Å²) in [6.45, 7) is 3.24. The fraction of sp³-hybridized carbons (Fsp3) is 0.571. The molecule has 1 aromatic carbocycles. The molecule has 0 radical (unpaired) electrons. The Hall–Kier alpha value is -0.340. The summed E-state index contributed by atoms with van der Waals surface area (Å²) in [5.74, 6) is 0.828. The van der Waals surface area contributed by atoms with Crippen LogP contribution in [0, 0.1) is 5.92 Å². The van der Waals surface area contributed by atoms with E-state index in [1.807, 2.05) is 0 Å². The summed E-state index contributed by atoms with van der Waals surface area (Å²) in [4.78, 5) is 0. The number of rotatable bonds is 4. The minimum atomic E-state index is 0.546. The van der Waals surface area contributed by atoms with Crippen LogP contribution in [-0.2, 0) is 0 Å². The van der Waals surface area contributed by atoms with Crippen molar-refractivity contribution in [3.8, 4) is 0 Å². The van der Waals surface area contributed by atoms with E-state index >= 15 is 0 Å². The van der Waals surface area contributed by atoms with Gasteiger partial charge in [0.05, 0.1) is 0 Å². The Labute approximate surface area is 107 Å². The molecule has 1 aromatic rings. The maximum absolute atomic E-state index is 3.65. The van der Waals surface area contributed by atoms with Gasteiger partial charge in [-0.05, 0) is 43.0 Å². The lowest BCUT2D eigenvalue weighted by Gasteiger charge is -2.25. The van der Waals surface area contributed by atoms with Gasteiger partial charge in [-0.3, -0.25) is 0 Å². The van der Waals surface area contributed by atoms with Gasteiger partial charge in [0.15, 0.2) is 0 Å². The summed E-state index contributed by atoms with van der Waals surface area (Å²) in [7, 11) is 0. The Morgan fingerprint density at radius 3 is 2.75 bits per heavy atom. The predicted octanol–water partition coefficient (Wildman–Crippen LogP) is 4.29. The number of nitrogens with one attached hydrogen (secondary N) is 1. The second kappa shape index (κ2) is 5.83. The highest BCUT2D eigenvalue weighted by molar-refractivity contribution is 9.10. The molecule has 1 aliphatic rings. The van der Waals surface area contributed by atoms with Crippen LogP contribution in [0.15, 0.2) is 28.7 Å². The molecule has 16 heavy (non-hydrogen) atoms. The molecule has 1 nitrogen and oxygen atoms in total. The molecule has 1 aliphatic carbocycles. The minimum Gasteiger partial charge on any atom is -0.310 e. The van der Waals surface area contributed by atoms with Gasteiger partial charge in [0.2, 0.25) is 0 Å². The second-order valence-electron chi connectivity index (χ2n) is 4.63. The van der Waals surface area contributed by atoms with E-state index < -0.39 is 0 Å². The Morgan fingerprint density at radius 2 is 2.12 bits per heavy atom. The first-order valence-corrected chi connectivity index (χ1v) is 7.09. The highest BCUT2D eigenvalue weighted by atomic mass is 79.9. The predicted molar refractivity (Wildman–Crippen MR) is 72.5 cm³/mol. The molecule has 1 unspecified atom stereocenters. The summed E-state index contributed by atoms with van der Waals surface area (Å²) in [6.07, 6.45) is 5.56. The third-order valence-corrected chi connectivity index (χ3v) is 4.00. The van der Waals surface area contributed by atoms with Crippen molar-refractivity contribution in [1.29, 1.82) is 0 Å². The maximum atomic E-state index is 3.65.